The molecule has 0 bridgehead atoms. The monoisotopic (exact) mass is 583 g/mol. The molecule has 200 valence electrons. The predicted octanol–water partition coefficient (Wildman–Crippen LogP) is 10.9. The van der Waals surface area contributed by atoms with Gasteiger partial charge in [-0.05, 0) is 59.7 Å². The van der Waals surface area contributed by atoms with Crippen LogP contribution in [-0.2, 0) is 0 Å². The van der Waals surface area contributed by atoms with Gasteiger partial charge in [0, 0.05) is 51.7 Å². The summed E-state index contributed by atoms with van der Waals surface area (Å²) < 4.78 is 4.89. The second kappa shape index (κ2) is 8.77. The molecule has 0 spiro atoms. The van der Waals surface area contributed by atoms with Crippen molar-refractivity contribution in [2.75, 3.05) is 0 Å². The molecule has 0 radical (unpaired) electrons. The Bertz CT molecular complexity index is 2610. The van der Waals surface area contributed by atoms with Crippen molar-refractivity contribution in [2.24, 2.45) is 0 Å². The number of benzene rings is 6. The summed E-state index contributed by atoms with van der Waals surface area (Å²) in [6.07, 6.45) is 0. The molecule has 6 aromatic carbocycles. The molecule has 5 heteroatoms. The average Bonchev–Trinajstić information content (AvgIpc) is 3.60. The third-order valence-electron chi connectivity index (χ3n) is 8.62. The van der Waals surface area contributed by atoms with Crippen molar-refractivity contribution >= 4 is 76.0 Å². The van der Waals surface area contributed by atoms with E-state index in [9.17, 15) is 0 Å². The van der Waals surface area contributed by atoms with Crippen molar-refractivity contribution in [1.82, 2.24) is 14.5 Å². The molecule has 4 heterocycles. The Balaban J connectivity index is 1.25. The highest BCUT2D eigenvalue weighted by Gasteiger charge is 2.23. The zero-order valence-electron chi connectivity index (χ0n) is 22.8. The maximum absolute atomic E-state index is 5.33. The van der Waals surface area contributed by atoms with Gasteiger partial charge in [0.25, 0.3) is 0 Å². The van der Waals surface area contributed by atoms with Gasteiger partial charge in [-0.25, -0.2) is 9.97 Å². The summed E-state index contributed by atoms with van der Waals surface area (Å²) in [6, 6.07) is 45.9. The molecule has 1 aliphatic heterocycles. The molecule has 0 atom stereocenters. The van der Waals surface area contributed by atoms with E-state index in [0.29, 0.717) is 5.95 Å². The van der Waals surface area contributed by atoms with Crippen LogP contribution >= 0.6 is 23.1 Å². The number of nitrogens with zero attached hydrogens (tertiary/aromatic N) is 3. The summed E-state index contributed by atoms with van der Waals surface area (Å²) in [4.78, 5) is 13.0. The van der Waals surface area contributed by atoms with Gasteiger partial charge in [0.05, 0.1) is 22.2 Å². The van der Waals surface area contributed by atoms with E-state index in [1.165, 1.54) is 51.9 Å². The molecule has 9 aromatic rings. The Hall–Kier alpha value is -4.97. The molecule has 43 heavy (non-hydrogen) atoms. The summed E-state index contributed by atoms with van der Waals surface area (Å²) >= 11 is 3.65. The van der Waals surface area contributed by atoms with Gasteiger partial charge < -0.3 is 0 Å². The van der Waals surface area contributed by atoms with E-state index in [-0.39, 0.29) is 0 Å². The van der Waals surface area contributed by atoms with Gasteiger partial charge in [0.2, 0.25) is 5.95 Å². The zero-order valence-corrected chi connectivity index (χ0v) is 24.4. The van der Waals surface area contributed by atoms with Gasteiger partial charge in [0.15, 0.2) is 0 Å². The summed E-state index contributed by atoms with van der Waals surface area (Å²) in [5, 5.41) is 6.15. The van der Waals surface area contributed by atoms with Crippen molar-refractivity contribution in [3.8, 4) is 28.3 Å². The van der Waals surface area contributed by atoms with E-state index < -0.39 is 0 Å². The molecule has 0 amide bonds. The number of rotatable bonds is 2. The Kier molecular flexibility index (Phi) is 4.81. The maximum Gasteiger partial charge on any atom is 0.235 e. The summed E-state index contributed by atoms with van der Waals surface area (Å²) in [6.45, 7) is 0. The zero-order chi connectivity index (χ0) is 28.1. The quantitative estimate of drug-likeness (QED) is 0.203. The lowest BCUT2D eigenvalue weighted by Gasteiger charge is -2.20. The minimum absolute atomic E-state index is 0.698. The summed E-state index contributed by atoms with van der Waals surface area (Å²) in [7, 11) is 0. The number of hydrogen-bond donors (Lipinski definition) is 0. The van der Waals surface area contributed by atoms with Crippen molar-refractivity contribution in [2.45, 2.75) is 9.79 Å². The third kappa shape index (κ3) is 3.38. The van der Waals surface area contributed by atoms with E-state index in [0.717, 1.165) is 33.2 Å². The van der Waals surface area contributed by atoms with Crippen molar-refractivity contribution < 1.29 is 0 Å². The summed E-state index contributed by atoms with van der Waals surface area (Å²) in [5.41, 5.74) is 7.74. The fraction of sp³-hybridized carbons (Fsp3) is 0. The van der Waals surface area contributed by atoms with E-state index in [1.54, 1.807) is 11.8 Å². The Morgan fingerprint density at radius 3 is 2.23 bits per heavy atom. The fourth-order valence-electron chi connectivity index (χ4n) is 6.66. The molecule has 3 nitrogen and oxygen atoms in total. The number of fused-ring (bicyclic) bond motifs is 8. The van der Waals surface area contributed by atoms with Crippen molar-refractivity contribution in [1.29, 1.82) is 0 Å². The Morgan fingerprint density at radius 1 is 0.512 bits per heavy atom. The van der Waals surface area contributed by atoms with Crippen LogP contribution in [0.1, 0.15) is 0 Å². The van der Waals surface area contributed by atoms with Crippen LogP contribution in [0.5, 0.6) is 0 Å². The van der Waals surface area contributed by atoms with E-state index >= 15 is 0 Å². The van der Waals surface area contributed by atoms with Gasteiger partial charge in [-0.2, -0.15) is 0 Å². The molecule has 0 saturated heterocycles. The van der Waals surface area contributed by atoms with Crippen LogP contribution in [0, 0.1) is 0 Å². The second-order valence-electron chi connectivity index (χ2n) is 11.0. The molecular weight excluding hydrogens is 563 g/mol. The molecule has 0 saturated carbocycles. The van der Waals surface area contributed by atoms with Gasteiger partial charge in [-0.3, -0.25) is 4.57 Å². The van der Waals surface area contributed by atoms with Gasteiger partial charge >= 0.3 is 0 Å². The first-order chi connectivity index (χ1) is 21.3. The lowest BCUT2D eigenvalue weighted by Crippen LogP contribution is -2.05. The Labute approximate surface area is 255 Å². The lowest BCUT2D eigenvalue weighted by atomic mass is 10.0. The van der Waals surface area contributed by atoms with Crippen LogP contribution in [0.4, 0.5) is 0 Å². The smallest absolute Gasteiger partial charge is 0.235 e. The molecule has 0 unspecified atom stereocenters. The second-order valence-corrected chi connectivity index (χ2v) is 13.2. The molecular formula is C38H21N3S2. The first kappa shape index (κ1) is 23.6. The molecule has 0 aliphatic carbocycles. The van der Waals surface area contributed by atoms with Crippen molar-refractivity contribution in [3.05, 3.63) is 127 Å². The standard InChI is InChI=1S/C38H21N3S2/c1-4-12-30-24(8-1)25-18-16-23(22-17-19-34-28(20-22)26-9-2-5-13-32(26)42-34)21-31(25)41(30)38-39-29-11-7-15-35-36(29)37(40-38)27-10-3-6-14-33(27)43-35/h1-21H. The molecule has 10 rings (SSSR count). The number of thiophene rings is 1. The molecule has 3 aromatic heterocycles. The highest BCUT2D eigenvalue weighted by Crippen LogP contribution is 2.47. The molecule has 0 N–H and O–H groups in total. The van der Waals surface area contributed by atoms with Crippen LogP contribution in [-0.4, -0.2) is 14.5 Å². The topological polar surface area (TPSA) is 30.7 Å². The third-order valence-corrected chi connectivity index (χ3v) is 10.9. The SMILES string of the molecule is c1ccc2c(c1)Sc1cccc3nc(-n4c5ccccc5c5ccc(-c6ccc7sc8ccccc8c7c6)cc54)nc-2c13. The summed E-state index contributed by atoms with van der Waals surface area (Å²) in [5.74, 6) is 0.698. The molecule has 0 fully saturated rings. The largest absolute Gasteiger partial charge is 0.278 e. The first-order valence-electron chi connectivity index (χ1n) is 14.3. The first-order valence-corrected chi connectivity index (χ1v) is 16.0. The van der Waals surface area contributed by atoms with Crippen LogP contribution in [0.3, 0.4) is 0 Å². The van der Waals surface area contributed by atoms with Crippen LogP contribution in [0.2, 0.25) is 0 Å². The minimum atomic E-state index is 0.698. The van der Waals surface area contributed by atoms with Crippen LogP contribution in [0.15, 0.2) is 137 Å². The van der Waals surface area contributed by atoms with Crippen molar-refractivity contribution in [3.63, 3.8) is 0 Å². The number of hydrogen-bond acceptors (Lipinski definition) is 4. The van der Waals surface area contributed by atoms with Crippen LogP contribution in [0.25, 0.3) is 81.2 Å². The predicted molar refractivity (Wildman–Crippen MR) is 182 cm³/mol. The lowest BCUT2D eigenvalue weighted by molar-refractivity contribution is 1.01. The molecule has 1 aliphatic rings. The number of aromatic nitrogens is 3. The average molecular weight is 584 g/mol. The van der Waals surface area contributed by atoms with Gasteiger partial charge in [-0.1, -0.05) is 90.6 Å². The maximum atomic E-state index is 5.33. The normalized spacial score (nSPS) is 12.6. The van der Waals surface area contributed by atoms with Gasteiger partial charge in [-0.15, -0.1) is 11.3 Å². The highest BCUT2D eigenvalue weighted by molar-refractivity contribution is 7.99. The van der Waals surface area contributed by atoms with Gasteiger partial charge in [0.1, 0.15) is 0 Å². The van der Waals surface area contributed by atoms with Crippen LogP contribution < -0.4 is 0 Å². The fourth-order valence-corrected chi connectivity index (χ4v) is 8.85. The highest BCUT2D eigenvalue weighted by atomic mass is 32.2. The minimum Gasteiger partial charge on any atom is -0.278 e. The number of para-hydroxylation sites is 1. The Morgan fingerprint density at radius 2 is 1.26 bits per heavy atom. The van der Waals surface area contributed by atoms with E-state index in [2.05, 4.69) is 132 Å². The van der Waals surface area contributed by atoms with E-state index in [1.807, 2.05) is 11.3 Å². The van der Waals surface area contributed by atoms with E-state index in [4.69, 9.17) is 9.97 Å².